The first-order valence-corrected chi connectivity index (χ1v) is 21.4. The number of likely N-dealkylation sites (N-methyl/N-ethyl adjacent to an activating group) is 1. The van der Waals surface area contributed by atoms with Crippen molar-refractivity contribution in [1.82, 2.24) is 4.90 Å². The van der Waals surface area contributed by atoms with Crippen LogP contribution in [0.5, 0.6) is 0 Å². The third kappa shape index (κ3) is 38.7. The van der Waals surface area contributed by atoms with Crippen LogP contribution in [0.3, 0.4) is 0 Å². The molecule has 0 heterocycles. The molecule has 0 saturated heterocycles. The normalized spacial score (nSPS) is 14.4. The van der Waals surface area contributed by atoms with E-state index in [4.69, 9.17) is 18.5 Å². The van der Waals surface area contributed by atoms with Crippen LogP contribution in [0.2, 0.25) is 0 Å². The molecule has 0 radical (unpaired) electrons. The number of hydrogen-bond acceptors (Lipinski definition) is 8. The number of phosphoric acid groups is 1. The summed E-state index contributed by atoms with van der Waals surface area (Å²) in [6, 6.07) is 0. The van der Waals surface area contributed by atoms with Crippen LogP contribution in [0, 0.1) is 0 Å². The van der Waals surface area contributed by atoms with Crippen LogP contribution >= 0.6 is 7.82 Å². The van der Waals surface area contributed by atoms with Gasteiger partial charge in [-0.15, -0.1) is 0 Å². The Bertz CT molecular complexity index is 1150. The first-order chi connectivity index (χ1) is 25.7. The number of carbonyl (C=O) groups is 2. The maximum Gasteiger partial charge on any atom is 0.472 e. The third-order valence-electron chi connectivity index (χ3n) is 7.69. The Balaban J connectivity index is 4.51. The molecule has 1 N–H and O–H groups in total. The van der Waals surface area contributed by atoms with Crippen molar-refractivity contribution in [3.05, 3.63) is 85.1 Å². The highest BCUT2D eigenvalue weighted by molar-refractivity contribution is 7.47. The van der Waals surface area contributed by atoms with Gasteiger partial charge >= 0.3 is 19.8 Å². The second-order valence-electron chi connectivity index (χ2n) is 13.1. The average molecular weight is 762 g/mol. The number of unbranched alkanes of at least 4 members (excludes halogenated alkanes) is 7. The lowest BCUT2D eigenvalue weighted by atomic mass is 10.1. The maximum absolute atomic E-state index is 12.6. The van der Waals surface area contributed by atoms with E-state index in [1.165, 1.54) is 19.3 Å². The molecule has 0 fully saturated rings. The summed E-state index contributed by atoms with van der Waals surface area (Å²) < 4.78 is 33.3. The van der Waals surface area contributed by atoms with Crippen molar-refractivity contribution in [1.29, 1.82) is 0 Å². The fraction of sp³-hybridized carbons (Fsp3) is 0.628. The lowest BCUT2D eigenvalue weighted by Crippen LogP contribution is -2.29. The summed E-state index contributed by atoms with van der Waals surface area (Å²) in [6.07, 6.45) is 44.9. The van der Waals surface area contributed by atoms with Gasteiger partial charge in [0.15, 0.2) is 6.10 Å². The Kier molecular flexibility index (Phi) is 35.5. The van der Waals surface area contributed by atoms with Crippen molar-refractivity contribution < 1.29 is 37.6 Å². The number of rotatable bonds is 35. The highest BCUT2D eigenvalue weighted by atomic mass is 31.2. The summed E-state index contributed by atoms with van der Waals surface area (Å²) in [4.78, 5) is 36.9. The molecular weight excluding hydrogens is 689 g/mol. The summed E-state index contributed by atoms with van der Waals surface area (Å²) in [5.74, 6) is -0.908. The average Bonchev–Trinajstić information content (AvgIpc) is 3.12. The van der Waals surface area contributed by atoms with Crippen molar-refractivity contribution in [3.8, 4) is 0 Å². The first-order valence-electron chi connectivity index (χ1n) is 19.9. The zero-order chi connectivity index (χ0) is 39.1. The summed E-state index contributed by atoms with van der Waals surface area (Å²) >= 11 is 0. The summed E-state index contributed by atoms with van der Waals surface area (Å²) in [6.45, 7) is 4.05. The van der Waals surface area contributed by atoms with Crippen LogP contribution in [-0.2, 0) is 32.7 Å². The number of ether oxygens (including phenoxy) is 2. The zero-order valence-corrected chi connectivity index (χ0v) is 34.3. The van der Waals surface area contributed by atoms with Crippen LogP contribution < -0.4 is 0 Å². The van der Waals surface area contributed by atoms with Gasteiger partial charge in [-0.25, -0.2) is 4.57 Å². The van der Waals surface area contributed by atoms with E-state index in [0.717, 1.165) is 70.6 Å². The molecule has 10 heteroatoms. The number of allylic oxidation sites excluding steroid dienone is 14. The van der Waals surface area contributed by atoms with Crippen LogP contribution in [0.4, 0.5) is 0 Å². The monoisotopic (exact) mass is 761 g/mol. The molecule has 0 aromatic heterocycles. The van der Waals surface area contributed by atoms with Crippen LogP contribution in [0.1, 0.15) is 129 Å². The fourth-order valence-corrected chi connectivity index (χ4v) is 5.36. The van der Waals surface area contributed by atoms with Crippen molar-refractivity contribution in [3.63, 3.8) is 0 Å². The van der Waals surface area contributed by atoms with E-state index >= 15 is 0 Å². The number of esters is 2. The van der Waals surface area contributed by atoms with Gasteiger partial charge in [0.2, 0.25) is 0 Å². The lowest BCUT2D eigenvalue weighted by molar-refractivity contribution is -0.161. The third-order valence-corrected chi connectivity index (χ3v) is 8.67. The van der Waals surface area contributed by atoms with E-state index in [1.807, 2.05) is 14.1 Å². The van der Waals surface area contributed by atoms with Gasteiger partial charge in [-0.1, -0.05) is 112 Å². The van der Waals surface area contributed by atoms with Crippen molar-refractivity contribution in [2.45, 2.75) is 136 Å². The van der Waals surface area contributed by atoms with Crippen LogP contribution in [-0.4, -0.2) is 68.3 Å². The molecule has 0 aliphatic rings. The SMILES string of the molecule is CC/C=C\C/C=C\C/C=C\C/C=C\CCCCC(=O)OCC(COP(=O)(O)OCCN(C)C)OC(=O)CCCC/C=C\C/C=C\C/C=C\CCCCC. The highest BCUT2D eigenvalue weighted by Gasteiger charge is 2.26. The Morgan fingerprint density at radius 2 is 1.06 bits per heavy atom. The van der Waals surface area contributed by atoms with Crippen LogP contribution in [0.25, 0.3) is 0 Å². The number of carbonyl (C=O) groups excluding carboxylic acids is 2. The Labute approximate surface area is 322 Å². The molecule has 2 atom stereocenters. The Hall–Kier alpha value is -2.81. The van der Waals surface area contributed by atoms with Gasteiger partial charge in [-0.3, -0.25) is 18.6 Å². The van der Waals surface area contributed by atoms with E-state index in [0.29, 0.717) is 19.4 Å². The Morgan fingerprint density at radius 1 is 0.604 bits per heavy atom. The van der Waals surface area contributed by atoms with Gasteiger partial charge in [-0.2, -0.15) is 0 Å². The minimum atomic E-state index is -4.38. The molecule has 0 bridgehead atoms. The number of nitrogens with zero attached hydrogens (tertiary/aromatic N) is 1. The second kappa shape index (κ2) is 37.5. The minimum absolute atomic E-state index is 0.0115. The molecule has 53 heavy (non-hydrogen) atoms. The molecule has 0 aromatic rings. The van der Waals surface area contributed by atoms with Crippen molar-refractivity contribution in [2.75, 3.05) is 40.5 Å². The molecule has 2 unspecified atom stereocenters. The largest absolute Gasteiger partial charge is 0.472 e. The summed E-state index contributed by atoms with van der Waals surface area (Å²) in [5, 5.41) is 0. The fourth-order valence-electron chi connectivity index (χ4n) is 4.62. The number of hydrogen-bond donors (Lipinski definition) is 1. The van der Waals surface area contributed by atoms with Gasteiger partial charge in [0, 0.05) is 19.4 Å². The van der Waals surface area contributed by atoms with Gasteiger partial charge in [0.1, 0.15) is 6.61 Å². The molecule has 0 saturated carbocycles. The predicted molar refractivity (Wildman–Crippen MR) is 220 cm³/mol. The summed E-state index contributed by atoms with van der Waals surface area (Å²) in [7, 11) is -0.762. The minimum Gasteiger partial charge on any atom is -0.462 e. The maximum atomic E-state index is 12.6. The van der Waals surface area contributed by atoms with Gasteiger partial charge in [0.05, 0.1) is 13.2 Å². The topological polar surface area (TPSA) is 112 Å². The van der Waals surface area contributed by atoms with E-state index in [1.54, 1.807) is 4.90 Å². The molecule has 302 valence electrons. The van der Waals surface area contributed by atoms with E-state index < -0.39 is 32.5 Å². The molecule has 0 spiro atoms. The number of phosphoric ester groups is 1. The van der Waals surface area contributed by atoms with E-state index in [-0.39, 0.29) is 26.1 Å². The standard InChI is InChI=1S/C43H72NO8P/c1-5-7-9-11-13-15-17-19-21-23-25-27-29-31-33-35-42(45)49-39-41(40-51-53(47,48)50-38-37-44(3)4)52-43(46)36-34-32-30-28-26-24-22-20-18-16-14-12-10-8-6-2/h7,9,13-16,19-22,25-28,41H,5-6,8,10-12,17-18,23-24,29-40H2,1-4H3,(H,47,48)/b9-7-,15-13-,16-14-,21-19-,22-20-,27-25-,28-26-. The van der Waals surface area contributed by atoms with E-state index in [9.17, 15) is 19.0 Å². The van der Waals surface area contributed by atoms with Crippen LogP contribution in [0.15, 0.2) is 85.1 Å². The molecular formula is C43H72NO8P. The first kappa shape index (κ1) is 50.2. The van der Waals surface area contributed by atoms with Crippen molar-refractivity contribution in [2.24, 2.45) is 0 Å². The lowest BCUT2D eigenvalue weighted by Gasteiger charge is -2.20. The van der Waals surface area contributed by atoms with E-state index in [2.05, 4.69) is 98.9 Å². The van der Waals surface area contributed by atoms with Gasteiger partial charge < -0.3 is 19.3 Å². The molecule has 9 nitrogen and oxygen atoms in total. The van der Waals surface area contributed by atoms with Crippen molar-refractivity contribution >= 4 is 19.8 Å². The molecule has 0 amide bonds. The quantitative estimate of drug-likeness (QED) is 0.0292. The van der Waals surface area contributed by atoms with Gasteiger partial charge in [0.25, 0.3) is 0 Å². The smallest absolute Gasteiger partial charge is 0.462 e. The van der Waals surface area contributed by atoms with Gasteiger partial charge in [-0.05, 0) is 104 Å². The second-order valence-corrected chi connectivity index (χ2v) is 14.5. The molecule has 0 aromatic carbocycles. The molecule has 0 rings (SSSR count). The summed E-state index contributed by atoms with van der Waals surface area (Å²) in [5.41, 5.74) is 0. The molecule has 0 aliphatic heterocycles. The molecule has 0 aliphatic carbocycles. The predicted octanol–water partition coefficient (Wildman–Crippen LogP) is 11.1. The zero-order valence-electron chi connectivity index (χ0n) is 33.4. The Morgan fingerprint density at radius 3 is 1.53 bits per heavy atom. The highest BCUT2D eigenvalue weighted by Crippen LogP contribution is 2.43.